The molecule has 0 aliphatic heterocycles. The Kier molecular flexibility index (Phi) is 5.25. The van der Waals surface area contributed by atoms with Crippen LogP contribution in [0.4, 0.5) is 17.6 Å². The zero-order chi connectivity index (χ0) is 24.3. The zero-order valence-electron chi connectivity index (χ0n) is 18.1. The van der Waals surface area contributed by atoms with Crippen molar-refractivity contribution in [3.8, 4) is 28.7 Å². The Morgan fingerprint density at radius 3 is 2.42 bits per heavy atom. The molecule has 4 rings (SSSR count). The molecule has 0 aliphatic carbocycles. The number of aryl methyl sites for hydroxylation is 1. The van der Waals surface area contributed by atoms with Gasteiger partial charge in [0.05, 0.1) is 33.4 Å². The molecule has 0 radical (unpaired) electrons. The number of rotatable bonds is 2. The van der Waals surface area contributed by atoms with Crippen molar-refractivity contribution in [1.29, 1.82) is 5.26 Å². The minimum absolute atomic E-state index is 0.0246. The van der Waals surface area contributed by atoms with Crippen LogP contribution in [0.5, 0.6) is 0 Å². The summed E-state index contributed by atoms with van der Waals surface area (Å²) in [6, 6.07) is 7.74. The van der Waals surface area contributed by atoms with Crippen LogP contribution in [0.25, 0.3) is 33.7 Å². The SMILES string of the molecule is Cn1nc(C(C)(C)C)c(Cl)c1-c1nc2c(C(F)(F)F)cc(-c3c(F)cccc3C#N)cc2[nH]1. The molecule has 0 aliphatic rings. The summed E-state index contributed by atoms with van der Waals surface area (Å²) < 4.78 is 57.9. The third-order valence-corrected chi connectivity index (χ3v) is 5.60. The van der Waals surface area contributed by atoms with Gasteiger partial charge in [0.25, 0.3) is 0 Å². The van der Waals surface area contributed by atoms with Gasteiger partial charge < -0.3 is 4.98 Å². The van der Waals surface area contributed by atoms with Crippen molar-refractivity contribution >= 4 is 22.6 Å². The number of alkyl halides is 3. The third-order valence-electron chi connectivity index (χ3n) is 5.24. The molecule has 5 nitrogen and oxygen atoms in total. The highest BCUT2D eigenvalue weighted by molar-refractivity contribution is 6.33. The number of hydrogen-bond donors (Lipinski definition) is 1. The molecule has 2 aromatic heterocycles. The van der Waals surface area contributed by atoms with Crippen molar-refractivity contribution in [2.24, 2.45) is 7.05 Å². The fourth-order valence-electron chi connectivity index (χ4n) is 3.74. The molecule has 33 heavy (non-hydrogen) atoms. The molecule has 0 spiro atoms. The van der Waals surface area contributed by atoms with Crippen molar-refractivity contribution in [3.63, 3.8) is 0 Å². The van der Waals surface area contributed by atoms with Crippen LogP contribution in [-0.4, -0.2) is 19.7 Å². The number of H-pyrrole nitrogens is 1. The van der Waals surface area contributed by atoms with Gasteiger partial charge in [-0.2, -0.15) is 23.5 Å². The smallest absolute Gasteiger partial charge is 0.337 e. The summed E-state index contributed by atoms with van der Waals surface area (Å²) in [5.41, 5.74) is -1.25. The summed E-state index contributed by atoms with van der Waals surface area (Å²) >= 11 is 6.54. The number of benzene rings is 2. The maximum absolute atomic E-state index is 14.6. The van der Waals surface area contributed by atoms with E-state index < -0.39 is 23.0 Å². The zero-order valence-corrected chi connectivity index (χ0v) is 18.8. The lowest BCUT2D eigenvalue weighted by atomic mass is 9.92. The Balaban J connectivity index is 2.02. The van der Waals surface area contributed by atoms with Gasteiger partial charge in [0.2, 0.25) is 0 Å². The predicted octanol–water partition coefficient (Wildman–Crippen LogP) is 6.61. The van der Waals surface area contributed by atoms with E-state index in [2.05, 4.69) is 15.1 Å². The van der Waals surface area contributed by atoms with E-state index in [1.807, 2.05) is 26.8 Å². The summed E-state index contributed by atoms with van der Waals surface area (Å²) in [6.45, 7) is 5.75. The van der Waals surface area contributed by atoms with Gasteiger partial charge in [-0.05, 0) is 29.8 Å². The molecular formula is C23H18ClF4N5. The summed E-state index contributed by atoms with van der Waals surface area (Å²) in [7, 11) is 1.62. The third kappa shape index (κ3) is 3.85. The Hall–Kier alpha value is -3.38. The molecule has 2 aromatic carbocycles. The monoisotopic (exact) mass is 475 g/mol. The second kappa shape index (κ2) is 7.59. The lowest BCUT2D eigenvalue weighted by Crippen LogP contribution is -2.12. The highest BCUT2D eigenvalue weighted by Gasteiger charge is 2.36. The van der Waals surface area contributed by atoms with Crippen molar-refractivity contribution in [2.45, 2.75) is 32.4 Å². The number of fused-ring (bicyclic) bond motifs is 1. The van der Waals surface area contributed by atoms with Crippen LogP contribution in [0, 0.1) is 17.1 Å². The fraction of sp³-hybridized carbons (Fsp3) is 0.261. The number of nitrogens with one attached hydrogen (secondary N) is 1. The maximum atomic E-state index is 14.6. The van der Waals surface area contributed by atoms with E-state index in [1.54, 1.807) is 7.05 Å². The molecule has 2 heterocycles. The second-order valence-electron chi connectivity index (χ2n) is 8.66. The van der Waals surface area contributed by atoms with Crippen LogP contribution in [0.3, 0.4) is 0 Å². The Morgan fingerprint density at radius 1 is 1.15 bits per heavy atom. The molecule has 0 fully saturated rings. The van der Waals surface area contributed by atoms with Gasteiger partial charge >= 0.3 is 6.18 Å². The van der Waals surface area contributed by atoms with Gasteiger partial charge in [-0.15, -0.1) is 0 Å². The summed E-state index contributed by atoms with van der Waals surface area (Å²) in [5, 5.41) is 14.0. The molecule has 4 aromatic rings. The summed E-state index contributed by atoms with van der Waals surface area (Å²) in [5.74, 6) is -0.706. The first-order valence-electron chi connectivity index (χ1n) is 9.86. The van der Waals surface area contributed by atoms with Gasteiger partial charge in [-0.1, -0.05) is 38.4 Å². The Morgan fingerprint density at radius 2 is 1.85 bits per heavy atom. The Labute approximate surface area is 191 Å². The number of nitrogens with zero attached hydrogens (tertiary/aromatic N) is 4. The quantitative estimate of drug-likeness (QED) is 0.331. The minimum atomic E-state index is -4.77. The van der Waals surface area contributed by atoms with Gasteiger partial charge in [0.1, 0.15) is 17.0 Å². The summed E-state index contributed by atoms with van der Waals surface area (Å²) in [6.07, 6.45) is -4.77. The molecule has 170 valence electrons. The first kappa shape index (κ1) is 22.8. The minimum Gasteiger partial charge on any atom is -0.337 e. The van der Waals surface area contributed by atoms with Crippen LogP contribution in [0.1, 0.15) is 37.6 Å². The van der Waals surface area contributed by atoms with Crippen LogP contribution in [-0.2, 0) is 18.6 Å². The number of halogens is 5. The number of hydrogen-bond acceptors (Lipinski definition) is 3. The average molecular weight is 476 g/mol. The Bertz CT molecular complexity index is 1430. The highest BCUT2D eigenvalue weighted by atomic mass is 35.5. The van der Waals surface area contributed by atoms with Gasteiger partial charge in [-0.3, -0.25) is 4.68 Å². The van der Waals surface area contributed by atoms with E-state index in [0.717, 1.165) is 12.1 Å². The standard InChI is InChI=1S/C23H18ClF4N5/c1-22(2,3)20-17(24)19(33(4)32-20)21-30-15-9-12(8-13(18(15)31-21)23(26,27)28)16-11(10-29)6-5-7-14(16)25/h5-9H,1-4H3,(H,30,31). The van der Waals surface area contributed by atoms with Crippen molar-refractivity contribution in [1.82, 2.24) is 19.7 Å². The first-order valence-corrected chi connectivity index (χ1v) is 10.2. The molecule has 0 saturated carbocycles. The van der Waals surface area contributed by atoms with E-state index in [-0.39, 0.29) is 38.6 Å². The van der Waals surface area contributed by atoms with Crippen LogP contribution in [0.15, 0.2) is 30.3 Å². The van der Waals surface area contributed by atoms with E-state index in [0.29, 0.717) is 11.4 Å². The molecule has 0 saturated heterocycles. The molecule has 0 atom stereocenters. The molecule has 0 amide bonds. The van der Waals surface area contributed by atoms with Gasteiger partial charge in [-0.25, -0.2) is 9.37 Å². The molecule has 0 unspecified atom stereocenters. The van der Waals surface area contributed by atoms with Crippen LogP contribution in [0.2, 0.25) is 5.02 Å². The van der Waals surface area contributed by atoms with Crippen molar-refractivity contribution < 1.29 is 17.6 Å². The van der Waals surface area contributed by atoms with E-state index in [9.17, 15) is 22.8 Å². The number of aromatic nitrogens is 4. The number of aromatic amines is 1. The first-order chi connectivity index (χ1) is 15.3. The molecule has 10 heteroatoms. The van der Waals surface area contributed by atoms with Crippen LogP contribution < -0.4 is 0 Å². The lowest BCUT2D eigenvalue weighted by Gasteiger charge is -2.15. The number of imidazole rings is 1. The molecular weight excluding hydrogens is 458 g/mol. The maximum Gasteiger partial charge on any atom is 0.418 e. The second-order valence-corrected chi connectivity index (χ2v) is 9.04. The normalized spacial score (nSPS) is 12.4. The molecule has 0 bridgehead atoms. The summed E-state index contributed by atoms with van der Waals surface area (Å²) in [4.78, 5) is 7.06. The van der Waals surface area contributed by atoms with E-state index in [1.165, 1.54) is 22.9 Å². The largest absolute Gasteiger partial charge is 0.418 e. The number of nitriles is 1. The van der Waals surface area contributed by atoms with Gasteiger partial charge in [0.15, 0.2) is 5.82 Å². The fourth-order valence-corrected chi connectivity index (χ4v) is 4.27. The van der Waals surface area contributed by atoms with Crippen molar-refractivity contribution in [2.75, 3.05) is 0 Å². The van der Waals surface area contributed by atoms with Crippen LogP contribution >= 0.6 is 11.6 Å². The topological polar surface area (TPSA) is 70.3 Å². The van der Waals surface area contributed by atoms with Crippen molar-refractivity contribution in [3.05, 3.63) is 58.0 Å². The average Bonchev–Trinajstić information content (AvgIpc) is 3.25. The lowest BCUT2D eigenvalue weighted by molar-refractivity contribution is -0.136. The van der Waals surface area contributed by atoms with E-state index >= 15 is 0 Å². The molecule has 1 N–H and O–H groups in total. The van der Waals surface area contributed by atoms with E-state index in [4.69, 9.17) is 11.6 Å². The predicted molar refractivity (Wildman–Crippen MR) is 117 cm³/mol. The highest BCUT2D eigenvalue weighted by Crippen LogP contribution is 2.41. The van der Waals surface area contributed by atoms with Gasteiger partial charge in [0, 0.05) is 18.0 Å².